The Bertz CT molecular complexity index is 3790. The van der Waals surface area contributed by atoms with Crippen molar-refractivity contribution in [2.45, 2.75) is 185 Å². The van der Waals surface area contributed by atoms with Crippen LogP contribution in [0.25, 0.3) is 0 Å². The zero-order valence-electron chi connectivity index (χ0n) is 71.4. The molecule has 14 rings (SSSR count). The van der Waals surface area contributed by atoms with Crippen molar-refractivity contribution in [3.63, 3.8) is 0 Å². The molecule has 7 unspecified atom stereocenters. The summed E-state index contributed by atoms with van der Waals surface area (Å²) in [5.74, 6) is 8.23. The van der Waals surface area contributed by atoms with Crippen LogP contribution in [-0.4, -0.2) is 38.1 Å². The molecule has 0 aromatic heterocycles. The van der Waals surface area contributed by atoms with Crippen molar-refractivity contribution in [2.75, 3.05) is 0 Å². The van der Waals surface area contributed by atoms with E-state index in [0.29, 0.717) is 112 Å². The first kappa shape index (κ1) is 134. The summed E-state index contributed by atoms with van der Waals surface area (Å²) < 4.78 is 38.8. The Labute approximate surface area is 1230 Å². The molecule has 7 saturated heterocycles. The second kappa shape index (κ2) is 74.9. The third kappa shape index (κ3) is 55.8. The van der Waals surface area contributed by atoms with Gasteiger partial charge in [0.25, 0.3) is 0 Å². The van der Waals surface area contributed by atoms with Gasteiger partial charge in [-0.2, -0.15) is 0 Å². The molecule has 7 aliphatic rings. The summed E-state index contributed by atoms with van der Waals surface area (Å²) in [6.07, 6.45) is 7.55. The fourth-order valence-corrected chi connectivity index (χ4v) is 23.6. The van der Waals surface area contributed by atoms with E-state index in [-0.39, 0.29) is 520 Å². The van der Waals surface area contributed by atoms with Gasteiger partial charge in [0.1, 0.15) is 0 Å². The van der Waals surface area contributed by atoms with Crippen LogP contribution in [0.1, 0.15) is 157 Å². The van der Waals surface area contributed by atoms with E-state index >= 15 is 0 Å². The van der Waals surface area contributed by atoms with Gasteiger partial charge in [-0.25, -0.2) is 46.2 Å². The van der Waals surface area contributed by atoms with Crippen LogP contribution in [-0.2, 0) is 61.9 Å². The fourth-order valence-electron chi connectivity index (χ4n) is 11.6. The van der Waals surface area contributed by atoms with Crippen molar-refractivity contribution in [3.8, 4) is 0 Å². The molecule has 7 aliphatic heterocycles. The Kier molecular flexibility index (Phi) is 83.1. The molecule has 121 heavy (non-hydrogen) atoms. The number of thioether (sulfide) groups is 7. The smallest absolute Gasteiger partial charge is 0.542 e. The van der Waals surface area contributed by atoms with Gasteiger partial charge in [0, 0.05) is 89.5 Å². The first-order valence-electron chi connectivity index (χ1n) is 37.2. The summed E-state index contributed by atoms with van der Waals surface area (Å²) in [6, 6.07) is 39.8. The van der Waals surface area contributed by atoms with Gasteiger partial charge in [-0.1, -0.05) is 229 Å². The van der Waals surface area contributed by atoms with E-state index in [1.165, 1.54) is 11.1 Å². The van der Waals surface area contributed by atoms with Crippen LogP contribution in [0.4, 0.5) is 0 Å². The van der Waals surface area contributed by atoms with Gasteiger partial charge in [-0.05, 0) is 207 Å². The third-order valence-electron chi connectivity index (χ3n) is 17.6. The Hall–Kier alpha value is 15.1. The van der Waals surface area contributed by atoms with Crippen molar-refractivity contribution in [1.82, 2.24) is 0 Å². The average Bonchev–Trinajstić information content (AvgIpc) is 1.50. The maximum atomic E-state index is 6.10. The quantitative estimate of drug-likeness (QED) is 0.0642. The number of halogens is 14. The molecule has 0 amide bonds. The number of ether oxygens (including phenoxy) is 7. The Balaban J connectivity index is 0.000000699. The molecule has 7 nitrogen and oxygen atoms in total. The molecule has 35 heteroatoms. The molecule has 0 spiro atoms. The van der Waals surface area contributed by atoms with Gasteiger partial charge < -0.3 is 33.2 Å². The number of hydrogen-bond acceptors (Lipinski definition) is 14. The summed E-state index contributed by atoms with van der Waals surface area (Å²) in [5, 5.41) is 10.1. The molecule has 7 aromatic rings. The number of rotatable bonds is 21. The number of benzene rings is 7. The van der Waals surface area contributed by atoms with Crippen LogP contribution in [0.15, 0.2) is 127 Å². The van der Waals surface area contributed by atoms with Gasteiger partial charge in [0.2, 0.25) is 0 Å². The summed E-state index contributed by atoms with van der Waals surface area (Å²) in [5.41, 5.74) is 9.79. The SMILES string of the molecule is C[C@H](SC1C[C@@H](C)[CH-]O1)c1cc(Cl)cc(Cl)c1.C[C@H]1[CH-]OC(SCc2c(Cl)cccc2Cl)C1.C[C@H]1[CH-]OC(SCc2cc(Cl)cc(Cl)c2)C1.C[C@H]1[CH-]OC(SCc2cc(Cl)cc(Cl)c2)C1.C[C@H]1[CH-]OC(SCc2ccc(Cl)c(Cl)c2)C1.C[C@H]1[CH-]OC(SCc2ccc(Cl)c(Cl)c2)C1.C[C@H]1[CH-]OC(S[C@H](C)c2cc(Cl)cc(Cl)c2)C1.[Cs+].[Cs+].[Cs+].[Cs+].[Cs+].[Cs+].[Cs+]. The molecule has 16 atom stereocenters. The largest absolute Gasteiger partial charge is 1.00 e. The van der Waals surface area contributed by atoms with Crippen molar-refractivity contribution < 1.29 is 515 Å². The zero-order chi connectivity index (χ0) is 82.5. The first-order valence-corrected chi connectivity index (χ1v) is 49.7. The van der Waals surface area contributed by atoms with E-state index in [9.17, 15) is 0 Å². The molecular weight excluding hydrogens is 2800 g/mol. The van der Waals surface area contributed by atoms with Gasteiger partial charge in [-0.3, -0.25) is 0 Å². The van der Waals surface area contributed by atoms with Gasteiger partial charge in [0.15, 0.2) is 0 Å². The first-order chi connectivity index (χ1) is 54.3. The van der Waals surface area contributed by atoms with Crippen LogP contribution in [0.3, 0.4) is 0 Å². The topological polar surface area (TPSA) is 64.6 Å². The molecule has 0 aliphatic carbocycles. The summed E-state index contributed by atoms with van der Waals surface area (Å²) in [4.78, 5) is 0. The van der Waals surface area contributed by atoms with Crippen LogP contribution in [0, 0.1) is 87.7 Å². The molecule has 0 radical (unpaired) electrons. The van der Waals surface area contributed by atoms with E-state index in [4.69, 9.17) is 196 Å². The van der Waals surface area contributed by atoms with E-state index in [0.717, 1.165) is 112 Å². The minimum Gasteiger partial charge on any atom is -0.542 e. The minimum absolute atomic E-state index is 0. The normalized spacial score (nSPS) is 23.8. The molecule has 7 fully saturated rings. The zero-order valence-corrected chi connectivity index (χ0v) is 132. The average molecular weight is 2890 g/mol. The summed E-state index contributed by atoms with van der Waals surface area (Å²) >= 11 is 96.1. The monoisotopic (exact) mass is 2880 g/mol. The maximum Gasteiger partial charge on any atom is 1.00 e. The Morgan fingerprint density at radius 2 is 0.488 bits per heavy atom. The maximum absolute atomic E-state index is 6.10. The number of hydrogen-bond donors (Lipinski definition) is 0. The second-order valence-electron chi connectivity index (χ2n) is 28.7. The molecular formula is C86H95Cl14Cs7O7S7. The van der Waals surface area contributed by atoms with E-state index in [1.54, 1.807) is 83.1 Å². The molecule has 0 saturated carbocycles. The van der Waals surface area contributed by atoms with Crippen LogP contribution in [0.2, 0.25) is 70.3 Å². The van der Waals surface area contributed by atoms with Crippen molar-refractivity contribution >= 4 is 245 Å². The van der Waals surface area contributed by atoms with Gasteiger partial charge in [0.05, 0.1) is 58.1 Å². The standard InChI is InChI=1S/2C13H15Cl2OS.5C12H13Cl2OS.7Cs/c2*1-8-3-13(16-7-8)17-9(2)10-4-11(14)6-12(15)5-10;2*1-8-2-12(15-6-8)16-7-9-3-10(13)5-11(14)4-9;2*1-8-4-12(15-6-8)16-7-9-2-3-10(13)11(14)5-9;1-8-5-12(15-6-8)16-7-9-10(13)3-2-4-11(9)14;;;;;;;/h2*4-9,13H,3H2,1-2H3;2*3-6,8,12H,2,7H2,1H3;2*2-3,5-6,8,12H,4,7H2,1H3;2-4,6,8,12H,5,7H2,1H3;;;;;;;/q7*-1;7*+1/t8-,9+,13?;8-,9-,13?;5*8-,12?;;;;;;;/m1111111......./s1. The van der Waals surface area contributed by atoms with Crippen molar-refractivity contribution in [2.24, 2.45) is 41.4 Å². The predicted molar refractivity (Wildman–Crippen MR) is 504 cm³/mol. The molecule has 0 N–H and O–H groups in total. The van der Waals surface area contributed by atoms with Crippen LogP contribution < -0.4 is 482 Å². The Morgan fingerprint density at radius 3 is 0.719 bits per heavy atom. The van der Waals surface area contributed by atoms with Crippen LogP contribution >= 0.6 is 245 Å². The third-order valence-corrected chi connectivity index (χ3v) is 30.0. The summed E-state index contributed by atoms with van der Waals surface area (Å²) in [7, 11) is 0. The second-order valence-corrected chi connectivity index (χ2v) is 43.4. The predicted octanol–water partition coefficient (Wildman–Crippen LogP) is 13.5. The molecule has 7 aromatic carbocycles. The Morgan fingerprint density at radius 1 is 0.264 bits per heavy atom. The van der Waals surface area contributed by atoms with Gasteiger partial charge >= 0.3 is 482 Å². The van der Waals surface area contributed by atoms with E-state index in [2.05, 4.69) is 62.3 Å². The molecule has 7 heterocycles. The van der Waals surface area contributed by atoms with Gasteiger partial charge in [-0.15, -0.1) is 124 Å². The minimum atomic E-state index is 0. The summed E-state index contributed by atoms with van der Waals surface area (Å²) in [6.45, 7) is 32.9. The molecule has 628 valence electrons. The molecule has 0 bridgehead atoms. The van der Waals surface area contributed by atoms with Crippen molar-refractivity contribution in [1.29, 1.82) is 0 Å². The fraction of sp³-hybridized carbons (Fsp3) is 0.430. The van der Waals surface area contributed by atoms with Crippen LogP contribution in [0.5, 0.6) is 0 Å². The van der Waals surface area contributed by atoms with Crippen molar-refractivity contribution in [3.05, 3.63) is 283 Å². The van der Waals surface area contributed by atoms with E-state index in [1.807, 2.05) is 173 Å². The van der Waals surface area contributed by atoms with E-state index < -0.39 is 0 Å².